The van der Waals surface area contributed by atoms with E-state index in [9.17, 15) is 19.5 Å². The SMILES string of the molecule is CC(=O)OCOC(=O)C1=C(C)S[C@H]2N1C(=O)[C@@]2(Br)[C@@H](C)O. The topological polar surface area (TPSA) is 93.1 Å². The lowest BCUT2D eigenvalue weighted by Crippen LogP contribution is -2.71. The van der Waals surface area contributed by atoms with Crippen molar-refractivity contribution in [3.63, 3.8) is 0 Å². The number of carbonyl (C=O) groups excluding carboxylic acids is 3. The number of allylic oxidation sites excluding steroid dienone is 1. The zero-order chi connectivity index (χ0) is 15.9. The van der Waals surface area contributed by atoms with Gasteiger partial charge in [0.25, 0.3) is 5.91 Å². The highest BCUT2D eigenvalue weighted by Gasteiger charge is 2.67. The van der Waals surface area contributed by atoms with Crippen molar-refractivity contribution in [1.82, 2.24) is 4.90 Å². The van der Waals surface area contributed by atoms with E-state index in [-0.39, 0.29) is 5.70 Å². The molecule has 1 fully saturated rings. The van der Waals surface area contributed by atoms with Crippen molar-refractivity contribution in [3.8, 4) is 0 Å². The summed E-state index contributed by atoms with van der Waals surface area (Å²) >= 11 is 4.57. The van der Waals surface area contributed by atoms with Crippen LogP contribution >= 0.6 is 27.7 Å². The van der Waals surface area contributed by atoms with Crippen LogP contribution in [-0.2, 0) is 23.9 Å². The standard InChI is InChI=1S/C12H14BrNO6S/c1-5-8(9(17)20-4-19-7(3)16)14-10(18)12(13,6(2)15)11(14)21-5/h6,11,15H,4H2,1-3H3/t6-,11-,12+/m1/s1. The lowest BCUT2D eigenvalue weighted by atomic mass is 9.92. The van der Waals surface area contributed by atoms with Gasteiger partial charge >= 0.3 is 11.9 Å². The Kier molecular flexibility index (Phi) is 4.36. The zero-order valence-electron chi connectivity index (χ0n) is 11.6. The third-order valence-corrected chi connectivity index (χ3v) is 6.35. The van der Waals surface area contributed by atoms with Gasteiger partial charge in [-0.1, -0.05) is 15.9 Å². The highest BCUT2D eigenvalue weighted by molar-refractivity contribution is 9.10. The molecule has 7 nitrogen and oxygen atoms in total. The maximum atomic E-state index is 12.2. The second-order valence-electron chi connectivity index (χ2n) is 4.68. The summed E-state index contributed by atoms with van der Waals surface area (Å²) in [4.78, 5) is 36.8. The number of ether oxygens (including phenoxy) is 2. The third-order valence-electron chi connectivity index (χ3n) is 3.26. The Morgan fingerprint density at radius 3 is 2.67 bits per heavy atom. The minimum Gasteiger partial charge on any atom is -0.428 e. The number of aliphatic hydroxyl groups is 1. The summed E-state index contributed by atoms with van der Waals surface area (Å²) in [6, 6.07) is 0. The monoisotopic (exact) mass is 379 g/mol. The van der Waals surface area contributed by atoms with Gasteiger partial charge in [0.1, 0.15) is 11.1 Å². The van der Waals surface area contributed by atoms with Crippen LogP contribution in [-0.4, -0.2) is 50.4 Å². The second kappa shape index (κ2) is 5.62. The molecule has 1 amide bonds. The largest absolute Gasteiger partial charge is 0.428 e. The molecule has 0 unspecified atom stereocenters. The molecule has 1 saturated heterocycles. The molecule has 2 heterocycles. The van der Waals surface area contributed by atoms with E-state index in [4.69, 9.17) is 4.74 Å². The Morgan fingerprint density at radius 1 is 1.52 bits per heavy atom. The quantitative estimate of drug-likeness (QED) is 0.332. The first-order valence-electron chi connectivity index (χ1n) is 6.10. The molecule has 0 aliphatic carbocycles. The fourth-order valence-electron chi connectivity index (χ4n) is 2.13. The summed E-state index contributed by atoms with van der Waals surface area (Å²) in [5.74, 6) is -1.70. The van der Waals surface area contributed by atoms with Crippen molar-refractivity contribution in [1.29, 1.82) is 0 Å². The van der Waals surface area contributed by atoms with Crippen LogP contribution in [0.25, 0.3) is 0 Å². The van der Waals surface area contributed by atoms with Crippen LogP contribution in [0.2, 0.25) is 0 Å². The zero-order valence-corrected chi connectivity index (χ0v) is 14.0. The molecular weight excluding hydrogens is 366 g/mol. The molecular formula is C12H14BrNO6S. The number of amides is 1. The molecule has 0 spiro atoms. The van der Waals surface area contributed by atoms with Crippen molar-refractivity contribution >= 4 is 45.5 Å². The number of carbonyl (C=O) groups is 3. The Labute approximate surface area is 133 Å². The number of thioether (sulfide) groups is 1. The van der Waals surface area contributed by atoms with Crippen LogP contribution in [0.4, 0.5) is 0 Å². The number of alkyl halides is 1. The summed E-state index contributed by atoms with van der Waals surface area (Å²) < 4.78 is 8.24. The van der Waals surface area contributed by atoms with Gasteiger partial charge in [0.15, 0.2) is 4.32 Å². The number of aliphatic hydroxyl groups excluding tert-OH is 1. The third kappa shape index (κ3) is 2.47. The number of fused-ring (bicyclic) bond motifs is 1. The first-order valence-corrected chi connectivity index (χ1v) is 7.77. The van der Waals surface area contributed by atoms with Gasteiger partial charge in [-0.2, -0.15) is 0 Å². The number of halogens is 1. The molecule has 3 atom stereocenters. The fraction of sp³-hybridized carbons (Fsp3) is 0.583. The molecule has 0 aromatic rings. The first-order chi connectivity index (χ1) is 9.71. The summed E-state index contributed by atoms with van der Waals surface area (Å²) in [6.45, 7) is 3.89. The number of rotatable bonds is 4. The number of β-lactam (4-membered cyclic amide) rings is 1. The van der Waals surface area contributed by atoms with Gasteiger partial charge in [-0.25, -0.2) is 4.79 Å². The van der Waals surface area contributed by atoms with Gasteiger partial charge in [0, 0.05) is 11.8 Å². The highest BCUT2D eigenvalue weighted by atomic mass is 79.9. The summed E-state index contributed by atoms with van der Waals surface area (Å²) in [5.41, 5.74) is 0.123. The van der Waals surface area contributed by atoms with Crippen LogP contribution < -0.4 is 0 Å². The molecule has 0 aromatic heterocycles. The second-order valence-corrected chi connectivity index (χ2v) is 7.29. The van der Waals surface area contributed by atoms with Crippen molar-refractivity contribution in [2.75, 3.05) is 6.79 Å². The normalized spacial score (nSPS) is 28.9. The van der Waals surface area contributed by atoms with E-state index >= 15 is 0 Å². The maximum absolute atomic E-state index is 12.2. The highest BCUT2D eigenvalue weighted by Crippen LogP contribution is 2.56. The molecule has 0 radical (unpaired) electrons. The summed E-state index contributed by atoms with van der Waals surface area (Å²) in [6.07, 6.45) is -0.900. The molecule has 2 aliphatic rings. The molecule has 2 aliphatic heterocycles. The van der Waals surface area contributed by atoms with E-state index in [1.54, 1.807) is 6.92 Å². The van der Waals surface area contributed by atoms with Crippen molar-refractivity contribution in [2.24, 2.45) is 0 Å². The lowest BCUT2D eigenvalue weighted by Gasteiger charge is -2.50. The van der Waals surface area contributed by atoms with Gasteiger partial charge in [-0.3, -0.25) is 14.5 Å². The number of esters is 2. The summed E-state index contributed by atoms with van der Waals surface area (Å²) in [7, 11) is 0. The van der Waals surface area contributed by atoms with E-state index in [0.29, 0.717) is 4.91 Å². The van der Waals surface area contributed by atoms with Gasteiger partial charge in [-0.15, -0.1) is 11.8 Å². The lowest BCUT2D eigenvalue weighted by molar-refractivity contribution is -0.167. The first kappa shape index (κ1) is 16.3. The van der Waals surface area contributed by atoms with Crippen LogP contribution in [0.5, 0.6) is 0 Å². The maximum Gasteiger partial charge on any atom is 0.358 e. The van der Waals surface area contributed by atoms with E-state index < -0.39 is 40.4 Å². The van der Waals surface area contributed by atoms with Crippen LogP contribution in [0.3, 0.4) is 0 Å². The molecule has 9 heteroatoms. The number of nitrogens with zero attached hydrogens (tertiary/aromatic N) is 1. The van der Waals surface area contributed by atoms with Crippen molar-refractivity contribution in [3.05, 3.63) is 10.6 Å². The van der Waals surface area contributed by atoms with Gasteiger partial charge < -0.3 is 14.6 Å². The Morgan fingerprint density at radius 2 is 2.14 bits per heavy atom. The van der Waals surface area contributed by atoms with E-state index in [1.165, 1.54) is 30.5 Å². The number of hydrogen-bond acceptors (Lipinski definition) is 7. The average molecular weight is 380 g/mol. The minimum absolute atomic E-state index is 0.123. The van der Waals surface area contributed by atoms with Gasteiger partial charge in [0.2, 0.25) is 6.79 Å². The molecule has 0 aromatic carbocycles. The summed E-state index contributed by atoms with van der Waals surface area (Å²) in [5, 5.41) is 9.36. The average Bonchev–Trinajstić information content (AvgIpc) is 2.72. The van der Waals surface area contributed by atoms with Crippen LogP contribution in [0, 0.1) is 0 Å². The molecule has 0 saturated carbocycles. The van der Waals surface area contributed by atoms with E-state index in [2.05, 4.69) is 20.7 Å². The van der Waals surface area contributed by atoms with Gasteiger partial charge in [-0.05, 0) is 13.8 Å². The Bertz CT molecular complexity index is 548. The Balaban J connectivity index is 2.09. The molecule has 116 valence electrons. The Hall–Kier alpha value is -1.06. The molecule has 21 heavy (non-hydrogen) atoms. The van der Waals surface area contributed by atoms with Gasteiger partial charge in [0.05, 0.1) is 6.10 Å². The minimum atomic E-state index is -1.10. The van der Waals surface area contributed by atoms with E-state index in [1.807, 2.05) is 0 Å². The fourth-order valence-corrected chi connectivity index (χ4v) is 4.21. The molecule has 1 N–H and O–H groups in total. The smallest absolute Gasteiger partial charge is 0.358 e. The number of hydrogen-bond donors (Lipinski definition) is 1. The predicted molar refractivity (Wildman–Crippen MR) is 77.0 cm³/mol. The molecule has 2 rings (SSSR count). The van der Waals surface area contributed by atoms with Crippen molar-refractivity contribution in [2.45, 2.75) is 36.6 Å². The van der Waals surface area contributed by atoms with E-state index in [0.717, 1.165) is 0 Å². The molecule has 0 bridgehead atoms. The van der Waals surface area contributed by atoms with Crippen LogP contribution in [0.15, 0.2) is 10.6 Å². The van der Waals surface area contributed by atoms with Crippen LogP contribution in [0.1, 0.15) is 20.8 Å². The predicted octanol–water partition coefficient (Wildman–Crippen LogP) is 0.711. The van der Waals surface area contributed by atoms with Crippen molar-refractivity contribution < 1.29 is 29.0 Å².